The van der Waals surface area contributed by atoms with Crippen molar-refractivity contribution in [3.63, 3.8) is 0 Å². The van der Waals surface area contributed by atoms with E-state index in [1.807, 2.05) is 43.3 Å². The predicted octanol–water partition coefficient (Wildman–Crippen LogP) is 4.69. The van der Waals surface area contributed by atoms with Crippen LogP contribution in [0.3, 0.4) is 0 Å². The third-order valence-corrected chi connectivity index (χ3v) is 7.91. The summed E-state index contributed by atoms with van der Waals surface area (Å²) in [5.74, 6) is -3.96. The molecule has 1 aliphatic heterocycles. The number of allylic oxidation sites excluding steroid dienone is 1. The summed E-state index contributed by atoms with van der Waals surface area (Å²) in [4.78, 5) is 68.8. The Morgan fingerprint density at radius 1 is 0.958 bits per heavy atom. The molecule has 4 rings (SSSR count). The number of carbonyl (C=O) groups excluding carboxylic acids is 5. The lowest BCUT2D eigenvalue weighted by molar-refractivity contribution is -0.158. The van der Waals surface area contributed by atoms with Crippen LogP contribution in [0, 0.1) is 12.8 Å². The number of benzene rings is 3. The minimum atomic E-state index is -1.65. The maximum Gasteiger partial charge on any atom is 0.416 e. The van der Waals surface area contributed by atoms with Gasteiger partial charge >= 0.3 is 12.1 Å². The van der Waals surface area contributed by atoms with Gasteiger partial charge in [-0.25, -0.2) is 9.69 Å². The molecule has 0 unspecified atom stereocenters. The highest BCUT2D eigenvalue weighted by Crippen LogP contribution is 2.27. The van der Waals surface area contributed by atoms with E-state index in [-0.39, 0.29) is 50.6 Å². The van der Waals surface area contributed by atoms with E-state index in [1.165, 1.54) is 0 Å². The van der Waals surface area contributed by atoms with Gasteiger partial charge in [-0.1, -0.05) is 90.5 Å². The van der Waals surface area contributed by atoms with Gasteiger partial charge in [-0.05, 0) is 49.0 Å². The zero-order chi connectivity index (χ0) is 34.5. The van der Waals surface area contributed by atoms with E-state index in [2.05, 4.69) is 0 Å². The molecule has 0 spiro atoms. The molecular formula is C38H41NO9. The molecule has 0 saturated carbocycles. The minimum absolute atomic E-state index is 0.0301. The van der Waals surface area contributed by atoms with Crippen LogP contribution in [0.25, 0.3) is 5.57 Å². The van der Waals surface area contributed by atoms with E-state index in [4.69, 9.17) is 19.3 Å². The van der Waals surface area contributed by atoms with Crippen LogP contribution in [0.2, 0.25) is 0 Å². The molecule has 3 aromatic rings. The van der Waals surface area contributed by atoms with Gasteiger partial charge in [-0.15, -0.1) is 0 Å². The summed E-state index contributed by atoms with van der Waals surface area (Å²) in [6, 6.07) is 24.7. The SMILES string of the molecule is CC(=O)O[C@H](C(=O)C=C(C(=O)CCCOCCO)c1cccc(C)c1)[C@H](Cc1ccccc1)C(=O)N1C(=O)OC[C@@H]1Cc1ccccc1. The smallest absolute Gasteiger partial charge is 0.416 e. The zero-order valence-electron chi connectivity index (χ0n) is 27.2. The van der Waals surface area contributed by atoms with Gasteiger partial charge in [0.2, 0.25) is 5.91 Å². The van der Waals surface area contributed by atoms with Crippen molar-refractivity contribution in [2.45, 2.75) is 51.7 Å². The number of amides is 2. The number of hydrogen-bond donors (Lipinski definition) is 1. The molecule has 0 aliphatic carbocycles. The maximum atomic E-state index is 14.4. The third-order valence-electron chi connectivity index (χ3n) is 7.91. The third kappa shape index (κ3) is 10.0. The number of cyclic esters (lactones) is 1. The summed E-state index contributed by atoms with van der Waals surface area (Å²) < 4.78 is 16.2. The second kappa shape index (κ2) is 17.8. The predicted molar refractivity (Wildman–Crippen MR) is 178 cm³/mol. The van der Waals surface area contributed by atoms with Crippen molar-refractivity contribution in [3.8, 4) is 0 Å². The van der Waals surface area contributed by atoms with E-state index < -0.39 is 41.8 Å². The number of nitrogens with zero attached hydrogens (tertiary/aromatic N) is 1. The summed E-state index contributed by atoms with van der Waals surface area (Å²) in [5, 5.41) is 8.97. The Kier molecular flexibility index (Phi) is 13.3. The summed E-state index contributed by atoms with van der Waals surface area (Å²) >= 11 is 0. The van der Waals surface area contributed by atoms with Crippen LogP contribution in [0.1, 0.15) is 42.0 Å². The van der Waals surface area contributed by atoms with E-state index in [9.17, 15) is 24.0 Å². The molecule has 0 bridgehead atoms. The molecule has 1 aliphatic rings. The number of aliphatic hydroxyl groups excluding tert-OH is 1. The van der Waals surface area contributed by atoms with Gasteiger partial charge in [-0.3, -0.25) is 19.2 Å². The minimum Gasteiger partial charge on any atom is -0.453 e. The number of ketones is 2. The number of ether oxygens (including phenoxy) is 3. The van der Waals surface area contributed by atoms with Gasteiger partial charge in [0, 0.05) is 25.5 Å². The average Bonchev–Trinajstić information content (AvgIpc) is 3.44. The highest BCUT2D eigenvalue weighted by atomic mass is 16.6. The summed E-state index contributed by atoms with van der Waals surface area (Å²) in [5.41, 5.74) is 3.00. The molecule has 1 fully saturated rings. The number of carbonyl (C=O) groups is 5. The Morgan fingerprint density at radius 3 is 2.29 bits per heavy atom. The molecule has 1 saturated heterocycles. The monoisotopic (exact) mass is 655 g/mol. The van der Waals surface area contributed by atoms with Crippen LogP contribution >= 0.6 is 0 Å². The molecule has 1 heterocycles. The van der Waals surface area contributed by atoms with Gasteiger partial charge in [-0.2, -0.15) is 0 Å². The Hall–Kier alpha value is -4.93. The van der Waals surface area contributed by atoms with E-state index in [0.29, 0.717) is 24.0 Å². The fourth-order valence-electron chi connectivity index (χ4n) is 5.65. The largest absolute Gasteiger partial charge is 0.453 e. The lowest BCUT2D eigenvalue weighted by Crippen LogP contribution is -2.49. The molecule has 10 nitrogen and oxygen atoms in total. The normalized spacial score (nSPS) is 15.8. The first-order chi connectivity index (χ1) is 23.2. The fourth-order valence-corrected chi connectivity index (χ4v) is 5.65. The Bertz CT molecular complexity index is 1600. The van der Waals surface area contributed by atoms with Crippen molar-refractivity contribution in [3.05, 3.63) is 113 Å². The highest BCUT2D eigenvalue weighted by molar-refractivity contribution is 6.25. The molecule has 10 heteroatoms. The van der Waals surface area contributed by atoms with Crippen molar-refractivity contribution in [1.82, 2.24) is 4.90 Å². The van der Waals surface area contributed by atoms with Crippen LogP contribution in [0.5, 0.6) is 0 Å². The topological polar surface area (TPSA) is 137 Å². The number of aliphatic hydroxyl groups is 1. The second-order valence-electron chi connectivity index (χ2n) is 11.6. The first-order valence-electron chi connectivity index (χ1n) is 16.0. The zero-order valence-corrected chi connectivity index (χ0v) is 27.2. The quantitative estimate of drug-likeness (QED) is 0.125. The summed E-state index contributed by atoms with van der Waals surface area (Å²) in [6.07, 6.45) is -0.675. The number of aryl methyl sites for hydroxylation is 1. The lowest BCUT2D eigenvalue weighted by atomic mass is 9.87. The van der Waals surface area contributed by atoms with Crippen LogP contribution in [0.15, 0.2) is 91.0 Å². The second-order valence-corrected chi connectivity index (χ2v) is 11.6. The number of Topliss-reactive ketones (excluding diaryl/α,β-unsaturated/α-hetero) is 1. The van der Waals surface area contributed by atoms with E-state index in [0.717, 1.165) is 29.0 Å². The van der Waals surface area contributed by atoms with Crippen molar-refractivity contribution >= 4 is 35.1 Å². The lowest BCUT2D eigenvalue weighted by Gasteiger charge is -2.29. The molecule has 3 atom stereocenters. The summed E-state index contributed by atoms with van der Waals surface area (Å²) in [7, 11) is 0. The number of rotatable bonds is 17. The van der Waals surface area contributed by atoms with Gasteiger partial charge in [0.05, 0.1) is 25.2 Å². The Morgan fingerprint density at radius 2 is 1.65 bits per heavy atom. The number of esters is 1. The first-order valence-corrected chi connectivity index (χ1v) is 16.0. The van der Waals surface area contributed by atoms with Gasteiger partial charge in [0.1, 0.15) is 6.61 Å². The van der Waals surface area contributed by atoms with Gasteiger partial charge in [0.25, 0.3) is 0 Å². The Labute approximate surface area is 280 Å². The van der Waals surface area contributed by atoms with Gasteiger partial charge in [0.15, 0.2) is 17.7 Å². The highest BCUT2D eigenvalue weighted by Gasteiger charge is 2.45. The molecule has 0 aromatic heterocycles. The molecule has 1 N–H and O–H groups in total. The van der Waals surface area contributed by atoms with E-state index >= 15 is 0 Å². The van der Waals surface area contributed by atoms with Crippen LogP contribution in [-0.4, -0.2) is 78.1 Å². The molecule has 0 radical (unpaired) electrons. The molecule has 252 valence electrons. The maximum absolute atomic E-state index is 14.4. The fraction of sp³-hybridized carbons (Fsp3) is 0.342. The average molecular weight is 656 g/mol. The first kappa shape index (κ1) is 35.9. The molecule has 2 amide bonds. The van der Waals surface area contributed by atoms with Crippen molar-refractivity contribution in [2.75, 3.05) is 26.4 Å². The molecular weight excluding hydrogens is 614 g/mol. The Balaban J connectivity index is 1.73. The number of hydrogen-bond acceptors (Lipinski definition) is 9. The standard InChI is InChI=1S/C38H41NO9/c1-26-11-9-16-30(21-26)32(34(42)17-10-19-46-20-18-40)24-35(43)36(48-27(2)41)33(23-29-14-7-4-8-15-29)37(44)39-31(25-47-38(39)45)22-28-12-5-3-6-13-28/h3-9,11-16,21,24,31,33,36,40H,10,17-20,22-23,25H2,1-2H3/t31-,33-,36-/m0/s1. The molecule has 48 heavy (non-hydrogen) atoms. The summed E-state index contributed by atoms with van der Waals surface area (Å²) in [6.45, 7) is 3.20. The van der Waals surface area contributed by atoms with Crippen LogP contribution in [-0.2, 0) is 46.2 Å². The van der Waals surface area contributed by atoms with Crippen molar-refractivity contribution in [2.24, 2.45) is 5.92 Å². The van der Waals surface area contributed by atoms with Crippen molar-refractivity contribution < 1.29 is 43.3 Å². The van der Waals surface area contributed by atoms with Crippen LogP contribution in [0.4, 0.5) is 4.79 Å². The van der Waals surface area contributed by atoms with Crippen LogP contribution < -0.4 is 0 Å². The number of imide groups is 1. The van der Waals surface area contributed by atoms with Crippen molar-refractivity contribution in [1.29, 1.82) is 0 Å². The molecule has 3 aromatic carbocycles. The van der Waals surface area contributed by atoms with Gasteiger partial charge < -0.3 is 19.3 Å². The van der Waals surface area contributed by atoms with E-state index in [1.54, 1.807) is 48.5 Å².